The maximum atomic E-state index is 12.7. The summed E-state index contributed by atoms with van der Waals surface area (Å²) >= 11 is 0. The van der Waals surface area contributed by atoms with E-state index in [1.807, 2.05) is 12.1 Å². The lowest BCUT2D eigenvalue weighted by molar-refractivity contribution is -0.139. The van der Waals surface area contributed by atoms with E-state index in [4.69, 9.17) is 4.52 Å². The van der Waals surface area contributed by atoms with Crippen LogP contribution in [0.25, 0.3) is 22.8 Å². The Morgan fingerprint density at radius 3 is 2.11 bits per heavy atom. The van der Waals surface area contributed by atoms with Gasteiger partial charge in [0.25, 0.3) is 11.8 Å². The molecule has 8 nitrogen and oxygen atoms in total. The fourth-order valence-corrected chi connectivity index (χ4v) is 3.65. The van der Waals surface area contributed by atoms with Crippen molar-refractivity contribution in [1.82, 2.24) is 15.5 Å². The van der Waals surface area contributed by atoms with Gasteiger partial charge in [0.05, 0.1) is 0 Å². The standard InChI is InChI=1S/C28H27N3O5/c1-28(2,3)21-12-8-19(9-13-21)25(33)29-23(27(34)35)16-17-4-6-18(7-5-17)24-30-26(36-31-24)20-10-14-22(32)15-11-20/h4-15,23,32H,16H2,1-3H3,(H,29,33)(H,34,35)/t23-/m0/s1. The van der Waals surface area contributed by atoms with E-state index >= 15 is 0 Å². The van der Waals surface area contributed by atoms with Crippen LogP contribution in [-0.2, 0) is 16.6 Å². The van der Waals surface area contributed by atoms with E-state index in [1.54, 1.807) is 48.5 Å². The van der Waals surface area contributed by atoms with Crippen molar-refractivity contribution in [2.24, 2.45) is 0 Å². The maximum absolute atomic E-state index is 12.7. The first-order valence-electron chi connectivity index (χ1n) is 11.5. The van der Waals surface area contributed by atoms with E-state index < -0.39 is 17.9 Å². The first kappa shape index (κ1) is 24.7. The third-order valence-corrected chi connectivity index (χ3v) is 5.81. The van der Waals surface area contributed by atoms with Crippen LogP contribution in [-0.4, -0.2) is 38.3 Å². The van der Waals surface area contributed by atoms with Crippen molar-refractivity contribution in [3.8, 4) is 28.6 Å². The van der Waals surface area contributed by atoms with Gasteiger partial charge in [-0.25, -0.2) is 4.79 Å². The molecule has 0 fully saturated rings. The van der Waals surface area contributed by atoms with Crippen LogP contribution < -0.4 is 5.32 Å². The summed E-state index contributed by atoms with van der Waals surface area (Å²) in [6, 6.07) is 19.6. The first-order valence-corrected chi connectivity index (χ1v) is 11.5. The molecule has 0 aliphatic rings. The monoisotopic (exact) mass is 485 g/mol. The van der Waals surface area contributed by atoms with Gasteiger partial charge < -0.3 is 20.1 Å². The molecule has 3 N–H and O–H groups in total. The number of phenols is 1. The van der Waals surface area contributed by atoms with Crippen LogP contribution in [0.4, 0.5) is 0 Å². The summed E-state index contributed by atoms with van der Waals surface area (Å²) < 4.78 is 5.31. The van der Waals surface area contributed by atoms with Crippen LogP contribution in [0, 0.1) is 0 Å². The minimum absolute atomic E-state index is 0.0423. The third-order valence-electron chi connectivity index (χ3n) is 5.81. The predicted octanol–water partition coefficient (Wildman–Crippen LogP) is 4.83. The Kier molecular flexibility index (Phi) is 6.87. The fourth-order valence-electron chi connectivity index (χ4n) is 3.65. The van der Waals surface area contributed by atoms with E-state index in [1.165, 1.54) is 12.1 Å². The van der Waals surface area contributed by atoms with Gasteiger partial charge in [-0.1, -0.05) is 62.3 Å². The van der Waals surface area contributed by atoms with Crippen LogP contribution in [0.3, 0.4) is 0 Å². The van der Waals surface area contributed by atoms with E-state index in [0.717, 1.165) is 11.1 Å². The molecule has 1 atom stereocenters. The summed E-state index contributed by atoms with van der Waals surface area (Å²) in [5, 5.41) is 25.7. The van der Waals surface area contributed by atoms with Gasteiger partial charge in [0.15, 0.2) is 0 Å². The second kappa shape index (κ2) is 10.0. The van der Waals surface area contributed by atoms with Gasteiger partial charge in [-0.15, -0.1) is 0 Å². The molecule has 0 radical (unpaired) electrons. The first-order chi connectivity index (χ1) is 17.1. The van der Waals surface area contributed by atoms with Crippen molar-refractivity contribution in [3.05, 3.63) is 89.5 Å². The maximum Gasteiger partial charge on any atom is 0.326 e. The van der Waals surface area contributed by atoms with Crippen LogP contribution in [0.2, 0.25) is 0 Å². The molecule has 1 aromatic heterocycles. The molecule has 0 bridgehead atoms. The Morgan fingerprint density at radius 1 is 0.917 bits per heavy atom. The van der Waals surface area contributed by atoms with Crippen molar-refractivity contribution in [2.45, 2.75) is 38.6 Å². The number of benzene rings is 3. The molecule has 4 aromatic rings. The summed E-state index contributed by atoms with van der Waals surface area (Å²) in [5.74, 6) is -0.712. The number of nitrogens with one attached hydrogen (secondary N) is 1. The largest absolute Gasteiger partial charge is 0.508 e. The zero-order chi connectivity index (χ0) is 25.9. The number of aliphatic carboxylic acids is 1. The number of carboxylic acids is 1. The van der Waals surface area contributed by atoms with Crippen molar-refractivity contribution in [1.29, 1.82) is 0 Å². The highest BCUT2D eigenvalue weighted by molar-refractivity contribution is 5.96. The lowest BCUT2D eigenvalue weighted by atomic mass is 9.86. The van der Waals surface area contributed by atoms with Crippen LogP contribution >= 0.6 is 0 Å². The zero-order valence-electron chi connectivity index (χ0n) is 20.2. The molecule has 3 aromatic carbocycles. The number of carbonyl (C=O) groups is 2. The van der Waals surface area contributed by atoms with E-state index in [2.05, 4.69) is 36.2 Å². The van der Waals surface area contributed by atoms with Gasteiger partial charge in [-0.2, -0.15) is 4.98 Å². The van der Waals surface area contributed by atoms with Crippen LogP contribution in [0.1, 0.15) is 42.3 Å². The topological polar surface area (TPSA) is 126 Å². The molecule has 0 aliphatic carbocycles. The fraction of sp³-hybridized carbons (Fsp3) is 0.214. The molecule has 4 rings (SSSR count). The Labute approximate surface area is 208 Å². The van der Waals surface area contributed by atoms with Gasteiger partial charge in [-0.3, -0.25) is 4.79 Å². The number of rotatable bonds is 7. The summed E-state index contributed by atoms with van der Waals surface area (Å²) in [6.07, 6.45) is 0.117. The van der Waals surface area contributed by atoms with Gasteiger partial charge in [0, 0.05) is 23.1 Å². The van der Waals surface area contributed by atoms with E-state index in [0.29, 0.717) is 28.4 Å². The molecule has 0 spiro atoms. The Hall–Kier alpha value is -4.46. The SMILES string of the molecule is CC(C)(C)c1ccc(C(=O)N[C@@H](Cc2ccc(-c3noc(-c4ccc(O)cc4)n3)cc2)C(=O)O)cc1. The summed E-state index contributed by atoms with van der Waals surface area (Å²) in [4.78, 5) is 28.9. The number of nitrogens with zero attached hydrogens (tertiary/aromatic N) is 2. The normalized spacial score (nSPS) is 12.2. The molecule has 0 aliphatic heterocycles. The summed E-state index contributed by atoms with van der Waals surface area (Å²) in [5.41, 5.74) is 3.56. The van der Waals surface area contributed by atoms with Crippen molar-refractivity contribution in [2.75, 3.05) is 0 Å². The minimum Gasteiger partial charge on any atom is -0.508 e. The average molecular weight is 486 g/mol. The molecule has 1 heterocycles. The summed E-state index contributed by atoms with van der Waals surface area (Å²) in [7, 11) is 0. The predicted molar refractivity (Wildman–Crippen MR) is 135 cm³/mol. The highest BCUT2D eigenvalue weighted by atomic mass is 16.5. The molecule has 184 valence electrons. The summed E-state index contributed by atoms with van der Waals surface area (Å²) in [6.45, 7) is 6.25. The number of hydrogen-bond acceptors (Lipinski definition) is 6. The highest BCUT2D eigenvalue weighted by Gasteiger charge is 2.22. The van der Waals surface area contributed by atoms with Gasteiger partial charge >= 0.3 is 5.97 Å². The molecule has 0 saturated carbocycles. The lowest BCUT2D eigenvalue weighted by Gasteiger charge is -2.19. The minimum atomic E-state index is -1.12. The number of carboxylic acid groups (broad SMARTS) is 1. The van der Waals surface area contributed by atoms with Gasteiger partial charge in [-0.05, 0) is 52.9 Å². The zero-order valence-corrected chi connectivity index (χ0v) is 20.2. The molecular weight excluding hydrogens is 458 g/mol. The van der Waals surface area contributed by atoms with Crippen molar-refractivity contribution < 1.29 is 24.3 Å². The average Bonchev–Trinajstić information content (AvgIpc) is 3.34. The smallest absolute Gasteiger partial charge is 0.326 e. The number of hydrogen-bond donors (Lipinski definition) is 3. The molecule has 36 heavy (non-hydrogen) atoms. The molecular formula is C28H27N3O5. The van der Waals surface area contributed by atoms with Crippen LogP contribution in [0.15, 0.2) is 77.3 Å². The molecule has 0 saturated heterocycles. The Balaban J connectivity index is 1.43. The van der Waals surface area contributed by atoms with Gasteiger partial charge in [0.1, 0.15) is 11.8 Å². The molecule has 8 heteroatoms. The number of phenolic OH excluding ortho intramolecular Hbond substituents is 1. The number of carbonyl (C=O) groups excluding carboxylic acids is 1. The Bertz CT molecular complexity index is 1350. The van der Waals surface area contributed by atoms with Crippen molar-refractivity contribution in [3.63, 3.8) is 0 Å². The number of amides is 1. The number of aromatic nitrogens is 2. The van der Waals surface area contributed by atoms with E-state index in [-0.39, 0.29) is 17.6 Å². The Morgan fingerprint density at radius 2 is 1.53 bits per heavy atom. The molecule has 1 amide bonds. The van der Waals surface area contributed by atoms with Gasteiger partial charge in [0.2, 0.25) is 5.82 Å². The van der Waals surface area contributed by atoms with Crippen molar-refractivity contribution >= 4 is 11.9 Å². The second-order valence-corrected chi connectivity index (χ2v) is 9.56. The third kappa shape index (κ3) is 5.78. The van der Waals surface area contributed by atoms with E-state index in [9.17, 15) is 19.8 Å². The lowest BCUT2D eigenvalue weighted by Crippen LogP contribution is -2.42. The molecule has 0 unspecified atom stereocenters. The number of aromatic hydroxyl groups is 1. The second-order valence-electron chi connectivity index (χ2n) is 9.56. The highest BCUT2D eigenvalue weighted by Crippen LogP contribution is 2.25. The quantitative estimate of drug-likeness (QED) is 0.342. The van der Waals surface area contributed by atoms with Crippen LogP contribution in [0.5, 0.6) is 5.75 Å².